The van der Waals surface area contributed by atoms with Crippen LogP contribution in [-0.4, -0.2) is 45.6 Å². The molecule has 0 spiro atoms. The zero-order valence-corrected chi connectivity index (χ0v) is 7.02. The third-order valence-electron chi connectivity index (χ3n) is 0.183. The SMILES string of the molecule is CCO.CCO.O=C(O)C(=O)O. The molecule has 0 aliphatic carbocycles. The van der Waals surface area contributed by atoms with E-state index in [2.05, 4.69) is 0 Å². The van der Waals surface area contributed by atoms with Crippen LogP contribution in [0.15, 0.2) is 0 Å². The monoisotopic (exact) mass is 182 g/mol. The van der Waals surface area contributed by atoms with Gasteiger partial charge in [-0.1, -0.05) is 0 Å². The van der Waals surface area contributed by atoms with Crippen LogP contribution in [0.5, 0.6) is 0 Å². The van der Waals surface area contributed by atoms with Gasteiger partial charge in [0, 0.05) is 13.2 Å². The van der Waals surface area contributed by atoms with E-state index in [1.807, 2.05) is 0 Å². The Morgan fingerprint density at radius 1 is 0.917 bits per heavy atom. The largest absolute Gasteiger partial charge is 0.473 e. The first-order valence-corrected chi connectivity index (χ1v) is 3.15. The first-order chi connectivity index (χ1) is 5.47. The minimum absolute atomic E-state index is 0.250. The Balaban J connectivity index is -0.000000115. The van der Waals surface area contributed by atoms with E-state index in [-0.39, 0.29) is 13.2 Å². The molecule has 0 aromatic heterocycles. The van der Waals surface area contributed by atoms with Gasteiger partial charge in [-0.05, 0) is 13.8 Å². The Kier molecular flexibility index (Phi) is 23.4. The van der Waals surface area contributed by atoms with Gasteiger partial charge in [0.15, 0.2) is 0 Å². The number of aliphatic hydroxyl groups excluding tert-OH is 2. The quantitative estimate of drug-likeness (QED) is 0.363. The number of carboxylic acid groups (broad SMARTS) is 2. The van der Waals surface area contributed by atoms with Gasteiger partial charge in [-0.2, -0.15) is 0 Å². The average molecular weight is 182 g/mol. The van der Waals surface area contributed by atoms with Crippen LogP contribution in [0, 0.1) is 0 Å². The molecule has 0 aliphatic rings. The Hall–Kier alpha value is -1.14. The average Bonchev–Trinajstić information content (AvgIpc) is 1.90. The molecule has 0 amide bonds. The van der Waals surface area contributed by atoms with Crippen LogP contribution in [0.3, 0.4) is 0 Å². The molecule has 6 heteroatoms. The zero-order chi connectivity index (χ0) is 10.6. The van der Waals surface area contributed by atoms with Crippen molar-refractivity contribution >= 4 is 11.9 Å². The Labute approximate surface area is 70.1 Å². The van der Waals surface area contributed by atoms with E-state index in [4.69, 9.17) is 30.0 Å². The molecule has 0 saturated carbocycles. The van der Waals surface area contributed by atoms with E-state index >= 15 is 0 Å². The third kappa shape index (κ3) is 66.9. The number of carboxylic acids is 2. The molecule has 0 atom stereocenters. The molecular formula is C6H14O6. The second-order valence-electron chi connectivity index (χ2n) is 1.24. The molecule has 0 aromatic carbocycles. The molecular weight excluding hydrogens is 168 g/mol. The van der Waals surface area contributed by atoms with Crippen molar-refractivity contribution in [2.75, 3.05) is 13.2 Å². The maximum absolute atomic E-state index is 9.10. The highest BCUT2D eigenvalue weighted by Crippen LogP contribution is 1.56. The second-order valence-corrected chi connectivity index (χ2v) is 1.24. The highest BCUT2D eigenvalue weighted by molar-refractivity contribution is 6.27. The van der Waals surface area contributed by atoms with Crippen LogP contribution in [0.1, 0.15) is 13.8 Å². The number of aliphatic hydroxyl groups is 2. The van der Waals surface area contributed by atoms with Gasteiger partial charge in [-0.25, -0.2) is 9.59 Å². The van der Waals surface area contributed by atoms with Gasteiger partial charge in [0.25, 0.3) is 0 Å². The van der Waals surface area contributed by atoms with Crippen LogP contribution in [0.25, 0.3) is 0 Å². The minimum Gasteiger partial charge on any atom is -0.473 e. The lowest BCUT2D eigenvalue weighted by Crippen LogP contribution is -2.09. The number of hydrogen-bond donors (Lipinski definition) is 4. The van der Waals surface area contributed by atoms with Crippen LogP contribution in [0.4, 0.5) is 0 Å². The molecule has 4 N–H and O–H groups in total. The van der Waals surface area contributed by atoms with Gasteiger partial charge in [0.05, 0.1) is 0 Å². The molecule has 0 unspecified atom stereocenters. The summed E-state index contributed by atoms with van der Waals surface area (Å²) in [6.45, 7) is 3.86. The normalized spacial score (nSPS) is 6.67. The van der Waals surface area contributed by atoms with E-state index in [1.54, 1.807) is 13.8 Å². The number of carbonyl (C=O) groups is 2. The van der Waals surface area contributed by atoms with Gasteiger partial charge < -0.3 is 20.4 Å². The lowest BCUT2D eigenvalue weighted by molar-refractivity contribution is -0.159. The Morgan fingerprint density at radius 3 is 1.00 bits per heavy atom. The maximum Gasteiger partial charge on any atom is 0.414 e. The summed E-state index contributed by atoms with van der Waals surface area (Å²) in [5.41, 5.74) is 0. The maximum atomic E-state index is 9.10. The lowest BCUT2D eigenvalue weighted by atomic mass is 10.7. The van der Waals surface area contributed by atoms with Gasteiger partial charge in [0.2, 0.25) is 0 Å². The van der Waals surface area contributed by atoms with E-state index in [0.717, 1.165) is 0 Å². The third-order valence-corrected chi connectivity index (χ3v) is 0.183. The molecule has 0 aromatic rings. The van der Waals surface area contributed by atoms with Crippen LogP contribution in [-0.2, 0) is 9.59 Å². The summed E-state index contributed by atoms with van der Waals surface area (Å²) >= 11 is 0. The summed E-state index contributed by atoms with van der Waals surface area (Å²) in [7, 11) is 0. The molecule has 0 rings (SSSR count). The molecule has 0 fully saturated rings. The van der Waals surface area contributed by atoms with Crippen LogP contribution < -0.4 is 0 Å². The molecule has 0 aliphatic heterocycles. The van der Waals surface area contributed by atoms with Crippen molar-refractivity contribution in [1.29, 1.82) is 0 Å². The van der Waals surface area contributed by atoms with E-state index < -0.39 is 11.9 Å². The summed E-state index contributed by atoms with van der Waals surface area (Å²) in [4.78, 5) is 18.2. The summed E-state index contributed by atoms with van der Waals surface area (Å²) in [6.07, 6.45) is 0. The van der Waals surface area contributed by atoms with Crippen molar-refractivity contribution in [2.24, 2.45) is 0 Å². The predicted molar refractivity (Wildman–Crippen MR) is 40.8 cm³/mol. The van der Waals surface area contributed by atoms with Crippen molar-refractivity contribution < 1.29 is 30.0 Å². The molecule has 12 heavy (non-hydrogen) atoms. The van der Waals surface area contributed by atoms with Crippen LogP contribution in [0.2, 0.25) is 0 Å². The van der Waals surface area contributed by atoms with E-state index in [1.165, 1.54) is 0 Å². The topological polar surface area (TPSA) is 115 Å². The van der Waals surface area contributed by atoms with Gasteiger partial charge in [-0.15, -0.1) is 0 Å². The fraction of sp³-hybridized carbons (Fsp3) is 0.667. The molecule has 6 nitrogen and oxygen atoms in total. The second kappa shape index (κ2) is 16.4. The minimum atomic E-state index is -1.82. The molecule has 74 valence electrons. The fourth-order valence-electron chi connectivity index (χ4n) is 0. The number of hydrogen-bond acceptors (Lipinski definition) is 4. The molecule has 0 saturated heterocycles. The Morgan fingerprint density at radius 2 is 1.00 bits per heavy atom. The van der Waals surface area contributed by atoms with Crippen LogP contribution >= 0.6 is 0 Å². The number of aliphatic carboxylic acids is 2. The highest BCUT2D eigenvalue weighted by atomic mass is 16.4. The first-order valence-electron chi connectivity index (χ1n) is 3.15. The molecule has 0 bridgehead atoms. The van der Waals surface area contributed by atoms with Crippen molar-refractivity contribution in [1.82, 2.24) is 0 Å². The fourth-order valence-corrected chi connectivity index (χ4v) is 0. The molecule has 0 radical (unpaired) electrons. The number of rotatable bonds is 0. The summed E-state index contributed by atoms with van der Waals surface area (Å²) < 4.78 is 0. The van der Waals surface area contributed by atoms with Crippen molar-refractivity contribution in [3.8, 4) is 0 Å². The zero-order valence-electron chi connectivity index (χ0n) is 7.02. The van der Waals surface area contributed by atoms with E-state index in [9.17, 15) is 0 Å². The van der Waals surface area contributed by atoms with Crippen molar-refractivity contribution in [3.63, 3.8) is 0 Å². The van der Waals surface area contributed by atoms with Crippen molar-refractivity contribution in [3.05, 3.63) is 0 Å². The van der Waals surface area contributed by atoms with Crippen molar-refractivity contribution in [2.45, 2.75) is 13.8 Å². The van der Waals surface area contributed by atoms with Gasteiger partial charge in [0.1, 0.15) is 0 Å². The van der Waals surface area contributed by atoms with E-state index in [0.29, 0.717) is 0 Å². The molecule has 0 heterocycles. The lowest BCUT2D eigenvalue weighted by Gasteiger charge is -1.72. The van der Waals surface area contributed by atoms with Gasteiger partial charge >= 0.3 is 11.9 Å². The first kappa shape index (κ1) is 17.1. The predicted octanol–water partition coefficient (Wildman–Crippen LogP) is -0.847. The smallest absolute Gasteiger partial charge is 0.414 e. The highest BCUT2D eigenvalue weighted by Gasteiger charge is 2.04. The van der Waals surface area contributed by atoms with Gasteiger partial charge in [-0.3, -0.25) is 0 Å². The summed E-state index contributed by atoms with van der Waals surface area (Å²) in [6, 6.07) is 0. The summed E-state index contributed by atoms with van der Waals surface area (Å²) in [5, 5.41) is 29.9. The Bertz CT molecular complexity index is 96.6. The summed E-state index contributed by atoms with van der Waals surface area (Å²) in [5.74, 6) is -3.65. The standard InChI is InChI=1S/C2H2O4.2C2H6O/c3-1(4)2(5)6;2*1-2-3/h(H,3,4)(H,5,6);2*3H,2H2,1H3.